The van der Waals surface area contributed by atoms with Gasteiger partial charge in [0.15, 0.2) is 0 Å². The standard InChI is InChI=1S/C19H31NOS/c1-3-15-22-18-11-9-16(10-12-18)19(21)13-14-20(2)17-7-5-4-6-8-17/h9-12,17,19,21H,3-8,13-15H2,1-2H3. The monoisotopic (exact) mass is 321 g/mol. The molecule has 0 aliphatic heterocycles. The van der Waals surface area contributed by atoms with E-state index in [1.54, 1.807) is 0 Å². The van der Waals surface area contributed by atoms with Crippen molar-refractivity contribution in [2.75, 3.05) is 19.3 Å². The molecule has 0 aromatic heterocycles. The third-order valence-corrected chi connectivity index (χ3v) is 5.91. The molecule has 2 nitrogen and oxygen atoms in total. The van der Waals surface area contributed by atoms with Crippen molar-refractivity contribution in [2.24, 2.45) is 0 Å². The molecular formula is C19H31NOS. The molecule has 1 unspecified atom stereocenters. The van der Waals surface area contributed by atoms with Gasteiger partial charge in [-0.1, -0.05) is 38.3 Å². The Labute approximate surface area is 140 Å². The summed E-state index contributed by atoms with van der Waals surface area (Å²) in [5, 5.41) is 10.4. The number of aliphatic hydroxyl groups excluding tert-OH is 1. The summed E-state index contributed by atoms with van der Waals surface area (Å²) in [6, 6.07) is 9.19. The van der Waals surface area contributed by atoms with Gasteiger partial charge in [-0.3, -0.25) is 0 Å². The molecule has 0 amide bonds. The predicted molar refractivity (Wildman–Crippen MR) is 96.5 cm³/mol. The Morgan fingerprint density at radius 2 is 1.86 bits per heavy atom. The van der Waals surface area contributed by atoms with Crippen LogP contribution in [-0.4, -0.2) is 35.4 Å². The second-order valence-electron chi connectivity index (χ2n) is 6.49. The zero-order valence-electron chi connectivity index (χ0n) is 14.1. The van der Waals surface area contributed by atoms with Gasteiger partial charge in [0.1, 0.15) is 0 Å². The second kappa shape index (κ2) is 9.59. The van der Waals surface area contributed by atoms with Gasteiger partial charge >= 0.3 is 0 Å². The second-order valence-corrected chi connectivity index (χ2v) is 7.66. The molecule has 1 aromatic rings. The fraction of sp³-hybridized carbons (Fsp3) is 0.684. The summed E-state index contributed by atoms with van der Waals surface area (Å²) in [6.45, 7) is 3.19. The van der Waals surface area contributed by atoms with Crippen LogP contribution in [0.25, 0.3) is 0 Å². The van der Waals surface area contributed by atoms with Crippen LogP contribution in [-0.2, 0) is 0 Å². The fourth-order valence-corrected chi connectivity index (χ4v) is 3.97. The number of benzene rings is 1. The largest absolute Gasteiger partial charge is 0.388 e. The van der Waals surface area contributed by atoms with Crippen molar-refractivity contribution < 1.29 is 5.11 Å². The highest BCUT2D eigenvalue weighted by molar-refractivity contribution is 7.99. The zero-order chi connectivity index (χ0) is 15.8. The first-order valence-electron chi connectivity index (χ1n) is 8.81. The Balaban J connectivity index is 1.77. The van der Waals surface area contributed by atoms with Crippen molar-refractivity contribution in [2.45, 2.75) is 68.9 Å². The highest BCUT2D eigenvalue weighted by Gasteiger charge is 2.18. The van der Waals surface area contributed by atoms with E-state index in [1.165, 1.54) is 43.4 Å². The summed E-state index contributed by atoms with van der Waals surface area (Å²) in [4.78, 5) is 3.76. The molecule has 1 aliphatic rings. The van der Waals surface area contributed by atoms with Crippen LogP contribution in [0.5, 0.6) is 0 Å². The number of thioether (sulfide) groups is 1. The van der Waals surface area contributed by atoms with E-state index in [2.05, 4.69) is 43.1 Å². The first kappa shape index (κ1) is 17.8. The molecule has 0 spiro atoms. The summed E-state index contributed by atoms with van der Waals surface area (Å²) in [7, 11) is 2.22. The van der Waals surface area contributed by atoms with Crippen LogP contribution in [0, 0.1) is 0 Å². The molecule has 124 valence electrons. The molecule has 1 atom stereocenters. The van der Waals surface area contributed by atoms with Gasteiger partial charge in [0.05, 0.1) is 6.10 Å². The third-order valence-electron chi connectivity index (χ3n) is 4.69. The molecule has 1 fully saturated rings. The van der Waals surface area contributed by atoms with E-state index in [1.807, 2.05) is 11.8 Å². The van der Waals surface area contributed by atoms with Crippen LogP contribution < -0.4 is 0 Å². The number of rotatable bonds is 8. The summed E-state index contributed by atoms with van der Waals surface area (Å²) in [6.07, 6.45) is 8.48. The molecule has 0 saturated heterocycles. The summed E-state index contributed by atoms with van der Waals surface area (Å²) >= 11 is 1.89. The highest BCUT2D eigenvalue weighted by atomic mass is 32.2. The first-order valence-corrected chi connectivity index (χ1v) is 9.80. The Morgan fingerprint density at radius 3 is 2.50 bits per heavy atom. The Bertz CT molecular complexity index is 414. The maximum absolute atomic E-state index is 10.4. The maximum atomic E-state index is 10.4. The van der Waals surface area contributed by atoms with Crippen LogP contribution in [0.1, 0.15) is 63.5 Å². The molecule has 1 aliphatic carbocycles. The van der Waals surface area contributed by atoms with Crippen molar-refractivity contribution >= 4 is 11.8 Å². The molecule has 1 aromatic carbocycles. The molecule has 3 heteroatoms. The highest BCUT2D eigenvalue weighted by Crippen LogP contribution is 2.25. The van der Waals surface area contributed by atoms with Gasteiger partial charge in [0.2, 0.25) is 0 Å². The minimum Gasteiger partial charge on any atom is -0.388 e. The topological polar surface area (TPSA) is 23.5 Å². The van der Waals surface area contributed by atoms with Crippen LogP contribution in [0.4, 0.5) is 0 Å². The summed E-state index contributed by atoms with van der Waals surface area (Å²) in [5.74, 6) is 1.16. The van der Waals surface area contributed by atoms with Crippen LogP contribution in [0.2, 0.25) is 0 Å². The number of aliphatic hydroxyl groups is 1. The van der Waals surface area contributed by atoms with Crippen LogP contribution in [0.3, 0.4) is 0 Å². The Hall–Kier alpha value is -0.510. The minimum absolute atomic E-state index is 0.337. The quantitative estimate of drug-likeness (QED) is 0.691. The van der Waals surface area contributed by atoms with Gasteiger partial charge < -0.3 is 10.0 Å². The lowest BCUT2D eigenvalue weighted by molar-refractivity contribution is 0.125. The molecule has 2 rings (SSSR count). The van der Waals surface area contributed by atoms with E-state index in [4.69, 9.17) is 0 Å². The number of hydrogen-bond donors (Lipinski definition) is 1. The molecule has 1 N–H and O–H groups in total. The fourth-order valence-electron chi connectivity index (χ4n) is 3.20. The summed E-state index contributed by atoms with van der Waals surface area (Å²) in [5.41, 5.74) is 1.05. The Kier molecular flexibility index (Phi) is 7.77. The average Bonchev–Trinajstić information content (AvgIpc) is 2.58. The smallest absolute Gasteiger partial charge is 0.0802 e. The maximum Gasteiger partial charge on any atom is 0.0802 e. The van der Waals surface area contributed by atoms with E-state index < -0.39 is 0 Å². The van der Waals surface area contributed by atoms with Crippen molar-refractivity contribution in [3.8, 4) is 0 Å². The lowest BCUT2D eigenvalue weighted by Gasteiger charge is -2.31. The molecule has 1 saturated carbocycles. The Morgan fingerprint density at radius 1 is 1.18 bits per heavy atom. The van der Waals surface area contributed by atoms with Crippen molar-refractivity contribution in [3.63, 3.8) is 0 Å². The minimum atomic E-state index is -0.337. The van der Waals surface area contributed by atoms with E-state index >= 15 is 0 Å². The van der Waals surface area contributed by atoms with Gasteiger partial charge in [0.25, 0.3) is 0 Å². The lowest BCUT2D eigenvalue weighted by atomic mass is 9.94. The zero-order valence-corrected chi connectivity index (χ0v) is 14.9. The van der Waals surface area contributed by atoms with Crippen LogP contribution in [0.15, 0.2) is 29.2 Å². The average molecular weight is 322 g/mol. The van der Waals surface area contributed by atoms with Gasteiger partial charge in [-0.25, -0.2) is 0 Å². The molecule has 0 heterocycles. The van der Waals surface area contributed by atoms with Gasteiger partial charge in [-0.05, 0) is 56.2 Å². The summed E-state index contributed by atoms with van der Waals surface area (Å²) < 4.78 is 0. The molecular weight excluding hydrogens is 290 g/mol. The van der Waals surface area contributed by atoms with Crippen molar-refractivity contribution in [1.29, 1.82) is 0 Å². The first-order chi connectivity index (χ1) is 10.7. The lowest BCUT2D eigenvalue weighted by Crippen LogP contribution is -2.34. The van der Waals surface area contributed by atoms with E-state index in [9.17, 15) is 5.11 Å². The van der Waals surface area contributed by atoms with E-state index in [0.29, 0.717) is 0 Å². The van der Waals surface area contributed by atoms with Gasteiger partial charge in [0, 0.05) is 17.5 Å². The van der Waals surface area contributed by atoms with Gasteiger partial charge in [-0.2, -0.15) is 0 Å². The molecule has 0 radical (unpaired) electrons. The van der Waals surface area contributed by atoms with Crippen molar-refractivity contribution in [1.82, 2.24) is 4.90 Å². The third kappa shape index (κ3) is 5.60. The molecule has 0 bridgehead atoms. The van der Waals surface area contributed by atoms with E-state index in [0.717, 1.165) is 30.3 Å². The predicted octanol–water partition coefficient (Wildman–Crippen LogP) is 4.88. The molecule has 22 heavy (non-hydrogen) atoms. The van der Waals surface area contributed by atoms with Gasteiger partial charge in [-0.15, -0.1) is 11.8 Å². The SMILES string of the molecule is CCCSc1ccc(C(O)CCN(C)C2CCCCC2)cc1. The number of hydrogen-bond acceptors (Lipinski definition) is 3. The van der Waals surface area contributed by atoms with Crippen LogP contribution >= 0.6 is 11.8 Å². The van der Waals surface area contributed by atoms with E-state index in [-0.39, 0.29) is 6.10 Å². The number of nitrogens with zero attached hydrogens (tertiary/aromatic N) is 1. The normalized spacial score (nSPS) is 17.8. The van der Waals surface area contributed by atoms with Crippen molar-refractivity contribution in [3.05, 3.63) is 29.8 Å².